The zero-order chi connectivity index (χ0) is 22.8. The molecule has 0 bridgehead atoms. The van der Waals surface area contributed by atoms with E-state index in [1.54, 1.807) is 13.0 Å². The Morgan fingerprint density at radius 2 is 1.28 bits per heavy atom. The van der Waals surface area contributed by atoms with Gasteiger partial charge in [-0.1, -0.05) is 104 Å². The fourth-order valence-electron chi connectivity index (χ4n) is 3.83. The van der Waals surface area contributed by atoms with Gasteiger partial charge in [0, 0.05) is 12.5 Å². The molecule has 0 saturated heterocycles. The van der Waals surface area contributed by atoms with Crippen molar-refractivity contribution in [3.63, 3.8) is 0 Å². The van der Waals surface area contributed by atoms with Crippen molar-refractivity contribution < 1.29 is 14.3 Å². The van der Waals surface area contributed by atoms with Gasteiger partial charge in [0.15, 0.2) is 0 Å². The number of amides is 1. The molecule has 4 heteroatoms. The zero-order valence-electron chi connectivity index (χ0n) is 18.5. The third kappa shape index (κ3) is 5.52. The van der Waals surface area contributed by atoms with Gasteiger partial charge in [-0.3, -0.25) is 4.79 Å². The molecule has 164 valence electrons. The Labute approximate surface area is 189 Å². The second kappa shape index (κ2) is 11.1. The van der Waals surface area contributed by atoms with Crippen LogP contribution in [0.4, 0.5) is 0 Å². The van der Waals surface area contributed by atoms with Crippen LogP contribution in [0, 0.1) is 5.92 Å². The highest BCUT2D eigenvalue weighted by atomic mass is 16.5. The van der Waals surface area contributed by atoms with E-state index in [9.17, 15) is 9.59 Å². The number of hydrogen-bond donors (Lipinski definition) is 1. The van der Waals surface area contributed by atoms with Crippen LogP contribution < -0.4 is 5.32 Å². The van der Waals surface area contributed by atoms with E-state index in [1.165, 1.54) is 6.08 Å². The third-order valence-electron chi connectivity index (χ3n) is 5.30. The lowest BCUT2D eigenvalue weighted by Gasteiger charge is -2.37. The predicted molar refractivity (Wildman–Crippen MR) is 127 cm³/mol. The molecule has 0 saturated carbocycles. The summed E-state index contributed by atoms with van der Waals surface area (Å²) in [5.41, 5.74) is 2.08. The molecule has 0 unspecified atom stereocenters. The summed E-state index contributed by atoms with van der Waals surface area (Å²) < 4.78 is 4.93. The zero-order valence-corrected chi connectivity index (χ0v) is 18.5. The van der Waals surface area contributed by atoms with Crippen molar-refractivity contribution in [1.29, 1.82) is 0 Å². The molecule has 0 aliphatic carbocycles. The molecule has 32 heavy (non-hydrogen) atoms. The largest absolute Gasteiger partial charge is 0.463 e. The van der Waals surface area contributed by atoms with Crippen LogP contribution >= 0.6 is 0 Å². The Morgan fingerprint density at radius 1 is 0.844 bits per heavy atom. The van der Waals surface area contributed by atoms with Crippen LogP contribution in [0.1, 0.15) is 37.0 Å². The second-order valence-electron chi connectivity index (χ2n) is 7.69. The summed E-state index contributed by atoms with van der Waals surface area (Å²) in [5, 5.41) is 3.33. The van der Waals surface area contributed by atoms with Crippen LogP contribution in [0.3, 0.4) is 0 Å². The van der Waals surface area contributed by atoms with Crippen molar-refractivity contribution in [2.45, 2.75) is 25.8 Å². The van der Waals surface area contributed by atoms with Crippen LogP contribution in [0.2, 0.25) is 0 Å². The van der Waals surface area contributed by atoms with Crippen LogP contribution in [-0.2, 0) is 19.9 Å². The molecule has 1 N–H and O–H groups in total. The molecule has 1 amide bonds. The highest BCUT2D eigenvalue weighted by molar-refractivity contribution is 5.82. The number of nitrogens with one attached hydrogen (secondary N) is 1. The number of allylic oxidation sites excluding steroid dienone is 1. The van der Waals surface area contributed by atoms with Crippen LogP contribution in [-0.4, -0.2) is 18.5 Å². The summed E-state index contributed by atoms with van der Waals surface area (Å²) in [4.78, 5) is 24.9. The summed E-state index contributed by atoms with van der Waals surface area (Å²) in [6.45, 7) is 4.00. The Bertz CT molecular complexity index is 933. The molecule has 3 aromatic rings. The lowest BCUT2D eigenvalue weighted by molar-refractivity contribution is -0.137. The molecule has 0 spiro atoms. The van der Waals surface area contributed by atoms with Crippen molar-refractivity contribution >= 4 is 11.9 Å². The molecular weight excluding hydrogens is 398 g/mol. The number of benzene rings is 3. The SMILES string of the molecule is CCOC(=O)/C=C/[C@H](C)CC(=O)NC(c1ccccc1)(c1ccccc1)c1ccccc1. The van der Waals surface area contributed by atoms with Gasteiger partial charge in [0.25, 0.3) is 0 Å². The first-order valence-electron chi connectivity index (χ1n) is 10.9. The topological polar surface area (TPSA) is 55.4 Å². The fourth-order valence-corrected chi connectivity index (χ4v) is 3.83. The summed E-state index contributed by atoms with van der Waals surface area (Å²) >= 11 is 0. The first-order chi connectivity index (χ1) is 15.6. The maximum atomic E-state index is 13.3. The fraction of sp³-hybridized carbons (Fsp3) is 0.214. The van der Waals surface area contributed by atoms with E-state index < -0.39 is 11.5 Å². The Kier molecular flexibility index (Phi) is 7.98. The number of hydrogen-bond acceptors (Lipinski definition) is 3. The summed E-state index contributed by atoms with van der Waals surface area (Å²) in [7, 11) is 0. The molecular formula is C28H29NO3. The number of ether oxygens (including phenoxy) is 1. The van der Waals surface area contributed by atoms with Crippen molar-refractivity contribution in [2.24, 2.45) is 5.92 Å². The molecule has 1 atom stereocenters. The minimum absolute atomic E-state index is 0.109. The van der Waals surface area contributed by atoms with Crippen LogP contribution in [0.15, 0.2) is 103 Å². The predicted octanol–water partition coefficient (Wildman–Crippen LogP) is 5.24. The van der Waals surface area contributed by atoms with Crippen molar-refractivity contribution in [3.05, 3.63) is 120 Å². The van der Waals surface area contributed by atoms with E-state index in [0.29, 0.717) is 6.61 Å². The molecule has 0 aliphatic rings. The van der Waals surface area contributed by atoms with Crippen molar-refractivity contribution in [3.8, 4) is 0 Å². The highest BCUT2D eigenvalue weighted by Gasteiger charge is 2.37. The number of carbonyl (C=O) groups excluding carboxylic acids is 2. The van der Waals surface area contributed by atoms with Crippen molar-refractivity contribution in [2.75, 3.05) is 6.61 Å². The molecule has 0 radical (unpaired) electrons. The number of carbonyl (C=O) groups is 2. The van der Waals surface area contributed by atoms with E-state index in [4.69, 9.17) is 4.74 Å². The van der Waals surface area contributed by atoms with E-state index >= 15 is 0 Å². The summed E-state index contributed by atoms with van der Waals surface area (Å²) in [5.74, 6) is -0.631. The van der Waals surface area contributed by atoms with Gasteiger partial charge in [-0.15, -0.1) is 0 Å². The number of rotatable bonds is 9. The van der Waals surface area contributed by atoms with Crippen LogP contribution in [0.25, 0.3) is 0 Å². The van der Waals surface area contributed by atoms with Gasteiger partial charge in [0.05, 0.1) is 6.61 Å². The van der Waals surface area contributed by atoms with Gasteiger partial charge in [-0.2, -0.15) is 0 Å². The van der Waals surface area contributed by atoms with Gasteiger partial charge >= 0.3 is 5.97 Å². The quantitative estimate of drug-likeness (QED) is 0.289. The Hall–Kier alpha value is -3.66. The molecule has 0 aliphatic heterocycles. The van der Waals surface area contributed by atoms with Crippen molar-refractivity contribution in [1.82, 2.24) is 5.32 Å². The van der Waals surface area contributed by atoms with Gasteiger partial charge in [0.2, 0.25) is 5.91 Å². The Balaban J connectivity index is 1.98. The van der Waals surface area contributed by atoms with E-state index in [-0.39, 0.29) is 18.2 Å². The molecule has 4 nitrogen and oxygen atoms in total. The molecule has 3 rings (SSSR count). The highest BCUT2D eigenvalue weighted by Crippen LogP contribution is 2.37. The Morgan fingerprint density at radius 3 is 1.69 bits per heavy atom. The molecule has 0 heterocycles. The minimum atomic E-state index is -0.842. The molecule has 0 aromatic heterocycles. The first kappa shape index (κ1) is 23.0. The molecule has 3 aromatic carbocycles. The monoisotopic (exact) mass is 427 g/mol. The van der Waals surface area contributed by atoms with E-state index in [0.717, 1.165) is 16.7 Å². The lowest BCUT2D eigenvalue weighted by Crippen LogP contribution is -2.48. The number of esters is 1. The van der Waals surface area contributed by atoms with E-state index in [1.807, 2.05) is 97.9 Å². The third-order valence-corrected chi connectivity index (χ3v) is 5.30. The summed E-state index contributed by atoms with van der Waals surface area (Å²) in [6.07, 6.45) is 3.34. The maximum absolute atomic E-state index is 13.3. The average molecular weight is 428 g/mol. The maximum Gasteiger partial charge on any atom is 0.330 e. The smallest absolute Gasteiger partial charge is 0.330 e. The molecule has 0 fully saturated rings. The van der Waals surface area contributed by atoms with Gasteiger partial charge in [-0.25, -0.2) is 4.79 Å². The summed E-state index contributed by atoms with van der Waals surface area (Å²) in [6, 6.07) is 30.0. The second-order valence-corrected chi connectivity index (χ2v) is 7.69. The average Bonchev–Trinajstić information content (AvgIpc) is 2.83. The van der Waals surface area contributed by atoms with Crippen LogP contribution in [0.5, 0.6) is 0 Å². The lowest BCUT2D eigenvalue weighted by atomic mass is 9.76. The first-order valence-corrected chi connectivity index (χ1v) is 10.9. The standard InChI is InChI=1S/C28H29NO3/c1-3-32-27(31)20-19-22(2)21-26(30)29-28(23-13-7-4-8-14-23,24-15-9-5-10-16-24)25-17-11-6-12-18-25/h4-20,22H,3,21H2,1-2H3,(H,29,30)/b20-19+/t22-/m0/s1. The van der Waals surface area contributed by atoms with Gasteiger partial charge in [0.1, 0.15) is 5.54 Å². The van der Waals surface area contributed by atoms with Gasteiger partial charge < -0.3 is 10.1 Å². The minimum Gasteiger partial charge on any atom is -0.463 e. The normalized spacial score (nSPS) is 12.3. The van der Waals surface area contributed by atoms with E-state index in [2.05, 4.69) is 5.32 Å². The van der Waals surface area contributed by atoms with Gasteiger partial charge in [-0.05, 0) is 29.5 Å².